The Kier molecular flexibility index (Phi) is 7.79. The number of amides is 2. The second-order valence-corrected chi connectivity index (χ2v) is 6.68. The molecule has 29 heavy (non-hydrogen) atoms. The third kappa shape index (κ3) is 5.57. The number of ether oxygens (including phenoxy) is 1. The number of hydrogen-bond acceptors (Lipinski definition) is 6. The van der Waals surface area contributed by atoms with E-state index >= 15 is 0 Å². The monoisotopic (exact) mass is 432 g/mol. The Morgan fingerprint density at radius 3 is 2.62 bits per heavy atom. The van der Waals surface area contributed by atoms with Crippen molar-refractivity contribution in [3.8, 4) is 5.88 Å². The smallest absolute Gasteiger partial charge is 0.344 e. The molecule has 0 aliphatic rings. The van der Waals surface area contributed by atoms with Crippen LogP contribution in [0.1, 0.15) is 27.9 Å². The van der Waals surface area contributed by atoms with E-state index in [4.69, 9.17) is 4.74 Å². The Hall–Kier alpha value is -2.86. The number of carboxylic acids is 1. The lowest BCUT2D eigenvalue weighted by atomic mass is 10.1. The Morgan fingerprint density at radius 1 is 1.24 bits per heavy atom. The summed E-state index contributed by atoms with van der Waals surface area (Å²) in [6.45, 7) is 1.46. The molecule has 0 aliphatic heterocycles. The van der Waals surface area contributed by atoms with Gasteiger partial charge in [0.05, 0.1) is 5.56 Å². The van der Waals surface area contributed by atoms with Crippen molar-refractivity contribution in [2.45, 2.75) is 20.0 Å². The fraction of sp³-hybridized carbons (Fsp3) is 0.353. The van der Waals surface area contributed by atoms with E-state index in [9.17, 15) is 27.9 Å². The van der Waals surface area contributed by atoms with Gasteiger partial charge in [0.25, 0.3) is 0 Å². The number of aromatic carboxylic acids is 1. The highest BCUT2D eigenvalue weighted by Crippen LogP contribution is 2.31. The summed E-state index contributed by atoms with van der Waals surface area (Å²) in [6.07, 6.45) is 0.664. The van der Waals surface area contributed by atoms with Crippen LogP contribution in [0.15, 0.2) is 6.07 Å². The first kappa shape index (κ1) is 22.4. The number of carboxylic acid groups (broad SMARTS) is 1. The van der Waals surface area contributed by atoms with E-state index in [2.05, 4.69) is 20.3 Å². The minimum absolute atomic E-state index is 0.116. The van der Waals surface area contributed by atoms with E-state index in [1.165, 1.54) is 6.92 Å². The number of aryl methyl sites for hydroxylation is 1. The lowest BCUT2D eigenvalue weighted by Gasteiger charge is -2.09. The molecular formula is C17H19F3N4O4S. The van der Waals surface area contributed by atoms with Crippen molar-refractivity contribution in [1.82, 2.24) is 15.0 Å². The van der Waals surface area contributed by atoms with Gasteiger partial charge in [-0.1, -0.05) is 0 Å². The fourth-order valence-electron chi connectivity index (χ4n) is 2.29. The zero-order valence-corrected chi connectivity index (χ0v) is 16.4. The average Bonchev–Trinajstić information content (AvgIpc) is 3.06. The predicted molar refractivity (Wildman–Crippen MR) is 100 cm³/mol. The molecule has 1 aromatic carbocycles. The van der Waals surface area contributed by atoms with Crippen LogP contribution >= 0.6 is 11.5 Å². The van der Waals surface area contributed by atoms with Crippen molar-refractivity contribution in [3.63, 3.8) is 0 Å². The second kappa shape index (κ2) is 10.1. The Bertz CT molecular complexity index is 907. The minimum atomic E-state index is -1.46. The van der Waals surface area contributed by atoms with Crippen molar-refractivity contribution in [2.24, 2.45) is 0 Å². The van der Waals surface area contributed by atoms with Crippen molar-refractivity contribution in [1.29, 1.82) is 0 Å². The molecule has 8 nitrogen and oxygen atoms in total. The molecule has 2 rings (SSSR count). The molecule has 1 aromatic heterocycles. The van der Waals surface area contributed by atoms with Crippen LogP contribution in [-0.2, 0) is 6.61 Å². The minimum Gasteiger partial charge on any atom is -0.477 e. The summed E-state index contributed by atoms with van der Waals surface area (Å²) < 4.78 is 50.4. The van der Waals surface area contributed by atoms with Gasteiger partial charge >= 0.3 is 12.0 Å². The zero-order valence-electron chi connectivity index (χ0n) is 15.6. The fourth-order valence-corrected chi connectivity index (χ4v) is 3.01. The van der Waals surface area contributed by atoms with Gasteiger partial charge in [-0.3, -0.25) is 5.32 Å². The van der Waals surface area contributed by atoms with Gasteiger partial charge in [-0.2, -0.15) is 4.37 Å². The molecule has 0 spiro atoms. The number of rotatable bonds is 9. The van der Waals surface area contributed by atoms with Crippen LogP contribution in [0, 0.1) is 24.4 Å². The van der Waals surface area contributed by atoms with Gasteiger partial charge in [0.2, 0.25) is 5.88 Å². The summed E-state index contributed by atoms with van der Waals surface area (Å²) in [5, 5.41) is 17.1. The molecule has 4 N–H and O–H groups in total. The first-order chi connectivity index (χ1) is 13.8. The van der Waals surface area contributed by atoms with E-state index in [1.54, 1.807) is 7.05 Å². The molecular weight excluding hydrogens is 413 g/mol. The summed E-state index contributed by atoms with van der Waals surface area (Å²) in [5.74, 6) is -5.59. The van der Waals surface area contributed by atoms with Crippen LogP contribution in [0.2, 0.25) is 0 Å². The largest absolute Gasteiger partial charge is 0.477 e. The van der Waals surface area contributed by atoms with E-state index in [0.717, 1.165) is 6.07 Å². The Labute approximate surface area is 168 Å². The first-order valence-corrected chi connectivity index (χ1v) is 9.21. The highest BCUT2D eigenvalue weighted by atomic mass is 32.1. The molecule has 0 radical (unpaired) electrons. The quantitative estimate of drug-likeness (QED) is 0.358. The topological polar surface area (TPSA) is 113 Å². The number of nitrogens with zero attached hydrogens (tertiary/aromatic N) is 1. The van der Waals surface area contributed by atoms with Crippen LogP contribution in [-0.4, -0.2) is 41.6 Å². The summed E-state index contributed by atoms with van der Waals surface area (Å²) in [5.41, 5.74) is -1.39. The summed E-state index contributed by atoms with van der Waals surface area (Å²) >= 11 is 0.624. The Morgan fingerprint density at radius 2 is 1.97 bits per heavy atom. The lowest BCUT2D eigenvalue weighted by Crippen LogP contribution is -2.31. The van der Waals surface area contributed by atoms with Crippen molar-refractivity contribution < 1.29 is 32.6 Å². The number of aromatic nitrogens is 1. The number of hydrogen-bond donors (Lipinski definition) is 4. The highest BCUT2D eigenvalue weighted by Gasteiger charge is 2.25. The number of benzene rings is 1. The van der Waals surface area contributed by atoms with Gasteiger partial charge in [0, 0.05) is 6.54 Å². The summed E-state index contributed by atoms with van der Waals surface area (Å²) in [7, 11) is 1.76. The summed E-state index contributed by atoms with van der Waals surface area (Å²) in [6, 6.07) is 0.165. The molecule has 0 bridgehead atoms. The van der Waals surface area contributed by atoms with Crippen LogP contribution in [0.25, 0.3) is 0 Å². The van der Waals surface area contributed by atoms with E-state index in [1.807, 2.05) is 0 Å². The number of carbonyl (C=O) groups excluding carboxylic acids is 1. The number of anilines is 1. The molecule has 158 valence electrons. The number of halogens is 3. The molecule has 2 amide bonds. The van der Waals surface area contributed by atoms with Gasteiger partial charge in [-0.15, -0.1) is 0 Å². The zero-order chi connectivity index (χ0) is 21.6. The second-order valence-electron chi connectivity index (χ2n) is 5.91. The standard InChI is InChI=1S/C17H19F3N4O4S/c1-8-6-10(18)9(13(20)12(8)19)7-28-14-11(16(25)26)15(29-24-14)23-17(27)22-5-3-4-21-2/h6,21H,3-5,7H2,1-2H3,(H,25,26)(H2,22,23,27). The first-order valence-electron chi connectivity index (χ1n) is 8.44. The third-order valence-corrected chi connectivity index (χ3v) is 4.53. The van der Waals surface area contributed by atoms with E-state index in [0.29, 0.717) is 31.0 Å². The maximum absolute atomic E-state index is 13.9. The maximum atomic E-state index is 13.9. The van der Waals surface area contributed by atoms with Gasteiger partial charge in [-0.05, 0) is 50.1 Å². The van der Waals surface area contributed by atoms with Crippen LogP contribution in [0.4, 0.5) is 23.0 Å². The SMILES string of the molecule is CNCCCNC(=O)Nc1snc(OCc2c(F)cc(C)c(F)c2F)c1C(=O)O. The maximum Gasteiger partial charge on any atom is 0.344 e. The Balaban J connectivity index is 2.12. The van der Waals surface area contributed by atoms with Gasteiger partial charge < -0.3 is 20.5 Å². The molecule has 0 atom stereocenters. The highest BCUT2D eigenvalue weighted by molar-refractivity contribution is 7.11. The molecule has 0 saturated carbocycles. The van der Waals surface area contributed by atoms with Crippen LogP contribution in [0.5, 0.6) is 5.88 Å². The van der Waals surface area contributed by atoms with E-state index in [-0.39, 0.29) is 10.6 Å². The molecule has 0 saturated heterocycles. The van der Waals surface area contributed by atoms with Crippen LogP contribution < -0.4 is 20.7 Å². The number of urea groups is 1. The molecule has 1 heterocycles. The normalized spacial score (nSPS) is 10.7. The number of nitrogens with one attached hydrogen (secondary N) is 3. The summed E-state index contributed by atoms with van der Waals surface area (Å²) in [4.78, 5) is 23.4. The number of carbonyl (C=O) groups is 2. The third-order valence-electron chi connectivity index (χ3n) is 3.78. The van der Waals surface area contributed by atoms with Crippen molar-refractivity contribution in [2.75, 3.05) is 25.5 Å². The van der Waals surface area contributed by atoms with Crippen molar-refractivity contribution in [3.05, 3.63) is 40.2 Å². The molecule has 2 aromatic rings. The molecule has 12 heteroatoms. The lowest BCUT2D eigenvalue weighted by molar-refractivity contribution is 0.0693. The van der Waals surface area contributed by atoms with Gasteiger partial charge in [-0.25, -0.2) is 22.8 Å². The predicted octanol–water partition coefficient (Wildman–Crippen LogP) is 2.88. The van der Waals surface area contributed by atoms with E-state index < -0.39 is 53.1 Å². The molecule has 0 unspecified atom stereocenters. The van der Waals surface area contributed by atoms with Crippen LogP contribution in [0.3, 0.4) is 0 Å². The van der Waals surface area contributed by atoms with Crippen molar-refractivity contribution >= 4 is 28.5 Å². The molecule has 0 aliphatic carbocycles. The van der Waals surface area contributed by atoms with Gasteiger partial charge in [0.15, 0.2) is 17.2 Å². The van der Waals surface area contributed by atoms with Gasteiger partial charge in [0.1, 0.15) is 17.4 Å². The average molecular weight is 432 g/mol. The molecule has 0 fully saturated rings.